The van der Waals surface area contributed by atoms with Gasteiger partial charge < -0.3 is 19.7 Å². The van der Waals surface area contributed by atoms with Crippen LogP contribution in [0.2, 0.25) is 0 Å². The van der Waals surface area contributed by atoms with Crippen molar-refractivity contribution in [3.05, 3.63) is 53.8 Å². The Balaban J connectivity index is 1.35. The molecule has 7 heteroatoms. The molecular weight excluding hydrogens is 339 g/mol. The first-order chi connectivity index (χ1) is 12.6. The minimum absolute atomic E-state index is 0.00511. The van der Waals surface area contributed by atoms with Crippen LogP contribution in [0.25, 0.3) is 0 Å². The summed E-state index contributed by atoms with van der Waals surface area (Å²) in [7, 11) is 0. The lowest BCUT2D eigenvalue weighted by atomic mass is 10.1. The van der Waals surface area contributed by atoms with Gasteiger partial charge in [0.25, 0.3) is 5.91 Å². The van der Waals surface area contributed by atoms with E-state index < -0.39 is 0 Å². The van der Waals surface area contributed by atoms with Crippen molar-refractivity contribution in [1.29, 1.82) is 0 Å². The maximum absolute atomic E-state index is 13.0. The number of nitrogens with zero attached hydrogens (tertiary/aromatic N) is 1. The number of hydrogen-bond acceptors (Lipinski definition) is 4. The van der Waals surface area contributed by atoms with Crippen molar-refractivity contribution in [2.75, 3.05) is 24.8 Å². The van der Waals surface area contributed by atoms with Crippen LogP contribution < -0.4 is 19.7 Å². The number of anilines is 1. The number of rotatable bonds is 4. The van der Waals surface area contributed by atoms with Gasteiger partial charge >= 0.3 is 0 Å². The second kappa shape index (κ2) is 6.67. The molecule has 0 radical (unpaired) electrons. The van der Waals surface area contributed by atoms with E-state index in [1.165, 1.54) is 12.1 Å². The predicted molar refractivity (Wildman–Crippen MR) is 91.8 cm³/mol. The van der Waals surface area contributed by atoms with Gasteiger partial charge in [-0.1, -0.05) is 0 Å². The number of carbonyl (C=O) groups excluding carboxylic acids is 2. The fourth-order valence-electron chi connectivity index (χ4n) is 3.17. The van der Waals surface area contributed by atoms with Gasteiger partial charge in [0, 0.05) is 36.7 Å². The van der Waals surface area contributed by atoms with E-state index in [4.69, 9.17) is 9.47 Å². The van der Waals surface area contributed by atoms with Crippen LogP contribution in [0.1, 0.15) is 16.8 Å². The van der Waals surface area contributed by atoms with E-state index in [9.17, 15) is 14.0 Å². The summed E-state index contributed by atoms with van der Waals surface area (Å²) in [4.78, 5) is 26.1. The highest BCUT2D eigenvalue weighted by molar-refractivity contribution is 5.96. The average Bonchev–Trinajstić information content (AvgIpc) is 3.26. The molecule has 6 nitrogen and oxygen atoms in total. The molecular formula is C19H17FN2O4. The Hall–Kier alpha value is -3.09. The molecule has 2 amide bonds. The summed E-state index contributed by atoms with van der Waals surface area (Å²) in [6, 6.07) is 10.8. The summed E-state index contributed by atoms with van der Waals surface area (Å²) in [6.45, 7) is 1.03. The Bertz CT molecular complexity index is 853. The van der Waals surface area contributed by atoms with Crippen molar-refractivity contribution in [3.8, 4) is 11.5 Å². The second-order valence-corrected chi connectivity index (χ2v) is 6.33. The molecule has 2 aromatic carbocycles. The number of halogens is 1. The number of fused-ring (bicyclic) bond motifs is 1. The van der Waals surface area contributed by atoms with Crippen LogP contribution in [0, 0.1) is 11.7 Å². The maximum Gasteiger partial charge on any atom is 0.251 e. The highest BCUT2D eigenvalue weighted by Gasteiger charge is 2.31. The van der Waals surface area contributed by atoms with E-state index >= 15 is 0 Å². The average molecular weight is 356 g/mol. The normalized spacial score (nSPS) is 18.3. The number of nitrogens with one attached hydrogen (secondary N) is 1. The first-order valence-electron chi connectivity index (χ1n) is 8.34. The summed E-state index contributed by atoms with van der Waals surface area (Å²) in [5.74, 6) is 0.586. The van der Waals surface area contributed by atoms with Gasteiger partial charge in [-0.3, -0.25) is 9.59 Å². The van der Waals surface area contributed by atoms with Crippen LogP contribution in [0.5, 0.6) is 11.5 Å². The van der Waals surface area contributed by atoms with Crippen molar-refractivity contribution in [1.82, 2.24) is 5.32 Å². The lowest BCUT2D eigenvalue weighted by Crippen LogP contribution is -2.31. The predicted octanol–water partition coefficient (Wildman–Crippen LogP) is 2.34. The minimum Gasteiger partial charge on any atom is -0.454 e. The lowest BCUT2D eigenvalue weighted by Gasteiger charge is -2.17. The molecule has 134 valence electrons. The zero-order chi connectivity index (χ0) is 18.1. The molecule has 1 unspecified atom stereocenters. The zero-order valence-electron chi connectivity index (χ0n) is 13.9. The van der Waals surface area contributed by atoms with E-state index in [2.05, 4.69) is 5.32 Å². The zero-order valence-corrected chi connectivity index (χ0v) is 13.9. The molecule has 2 aliphatic heterocycles. The van der Waals surface area contributed by atoms with Crippen LogP contribution in [0.4, 0.5) is 10.1 Å². The van der Waals surface area contributed by atoms with E-state index in [0.717, 1.165) is 0 Å². The van der Waals surface area contributed by atoms with E-state index in [1.807, 2.05) is 0 Å². The van der Waals surface area contributed by atoms with Crippen molar-refractivity contribution in [2.24, 2.45) is 5.92 Å². The van der Waals surface area contributed by atoms with Gasteiger partial charge in [0.15, 0.2) is 11.5 Å². The van der Waals surface area contributed by atoms with E-state index in [-0.39, 0.29) is 30.3 Å². The van der Waals surface area contributed by atoms with Crippen molar-refractivity contribution in [3.63, 3.8) is 0 Å². The smallest absolute Gasteiger partial charge is 0.251 e. The quantitative estimate of drug-likeness (QED) is 0.913. The second-order valence-electron chi connectivity index (χ2n) is 6.33. The van der Waals surface area contributed by atoms with E-state index in [0.29, 0.717) is 42.3 Å². The van der Waals surface area contributed by atoms with Crippen LogP contribution in [0.3, 0.4) is 0 Å². The Morgan fingerprint density at radius 3 is 2.73 bits per heavy atom. The third-order valence-corrected chi connectivity index (χ3v) is 4.53. The molecule has 0 bridgehead atoms. The van der Waals surface area contributed by atoms with Crippen LogP contribution in [-0.4, -0.2) is 31.7 Å². The van der Waals surface area contributed by atoms with Gasteiger partial charge in [-0.15, -0.1) is 0 Å². The molecule has 0 spiro atoms. The first kappa shape index (κ1) is 16.4. The first-order valence-corrected chi connectivity index (χ1v) is 8.34. The Kier molecular flexibility index (Phi) is 4.20. The topological polar surface area (TPSA) is 67.9 Å². The molecule has 2 aliphatic rings. The molecule has 2 heterocycles. The highest BCUT2D eigenvalue weighted by atomic mass is 19.1. The standard InChI is InChI=1S/C19H17FN2O4/c20-14-2-4-15(5-3-14)22-10-12(7-18(22)23)9-21-19(24)13-1-6-16-17(8-13)26-11-25-16/h1-6,8,12H,7,9-11H2,(H,21,24). The summed E-state index contributed by atoms with van der Waals surface area (Å²) in [6.07, 6.45) is 0.346. The molecule has 1 saturated heterocycles. The van der Waals surface area contributed by atoms with Gasteiger partial charge in [-0.2, -0.15) is 0 Å². The third kappa shape index (κ3) is 3.20. The SMILES string of the molecule is O=C(NCC1CC(=O)N(c2ccc(F)cc2)C1)c1ccc2c(c1)OCO2. The summed E-state index contributed by atoms with van der Waals surface area (Å²) < 4.78 is 23.5. The molecule has 1 atom stereocenters. The molecule has 26 heavy (non-hydrogen) atoms. The minimum atomic E-state index is -0.340. The number of carbonyl (C=O) groups is 2. The fraction of sp³-hybridized carbons (Fsp3) is 0.263. The Labute approximate surface area is 149 Å². The van der Waals surface area contributed by atoms with Crippen LogP contribution in [-0.2, 0) is 4.79 Å². The van der Waals surface area contributed by atoms with Gasteiger partial charge in [-0.25, -0.2) is 4.39 Å². The summed E-state index contributed by atoms with van der Waals surface area (Å²) in [5, 5.41) is 2.86. The molecule has 1 N–H and O–H groups in total. The fourth-order valence-corrected chi connectivity index (χ4v) is 3.17. The third-order valence-electron chi connectivity index (χ3n) is 4.53. The largest absolute Gasteiger partial charge is 0.454 e. The van der Waals surface area contributed by atoms with E-state index in [1.54, 1.807) is 35.2 Å². The molecule has 0 aromatic heterocycles. The number of benzene rings is 2. The van der Waals surface area contributed by atoms with Crippen LogP contribution >= 0.6 is 0 Å². The highest BCUT2D eigenvalue weighted by Crippen LogP contribution is 2.32. The number of ether oxygens (including phenoxy) is 2. The van der Waals surface area contributed by atoms with Crippen molar-refractivity contribution >= 4 is 17.5 Å². The molecule has 0 saturated carbocycles. The summed E-state index contributed by atoms with van der Waals surface area (Å²) >= 11 is 0. The maximum atomic E-state index is 13.0. The summed E-state index contributed by atoms with van der Waals surface area (Å²) in [5.41, 5.74) is 1.15. The Morgan fingerprint density at radius 2 is 1.92 bits per heavy atom. The molecule has 0 aliphatic carbocycles. The number of hydrogen-bond donors (Lipinski definition) is 1. The molecule has 4 rings (SSSR count). The van der Waals surface area contributed by atoms with Crippen molar-refractivity contribution in [2.45, 2.75) is 6.42 Å². The number of amides is 2. The van der Waals surface area contributed by atoms with Gasteiger partial charge in [0.1, 0.15) is 5.82 Å². The van der Waals surface area contributed by atoms with Crippen molar-refractivity contribution < 1.29 is 23.5 Å². The Morgan fingerprint density at radius 1 is 1.15 bits per heavy atom. The molecule has 2 aromatic rings. The van der Waals surface area contributed by atoms with Gasteiger partial charge in [0.05, 0.1) is 0 Å². The van der Waals surface area contributed by atoms with Crippen LogP contribution in [0.15, 0.2) is 42.5 Å². The monoisotopic (exact) mass is 356 g/mol. The molecule has 1 fully saturated rings. The lowest BCUT2D eigenvalue weighted by molar-refractivity contribution is -0.117. The van der Waals surface area contributed by atoms with Gasteiger partial charge in [0.2, 0.25) is 12.7 Å². The van der Waals surface area contributed by atoms with Gasteiger partial charge in [-0.05, 0) is 42.5 Å².